The number of hydrogen-bond donors (Lipinski definition) is 1. The van der Waals surface area contributed by atoms with Crippen molar-refractivity contribution < 1.29 is 9.39 Å². The summed E-state index contributed by atoms with van der Waals surface area (Å²) in [5.74, 6) is 2.91. The van der Waals surface area contributed by atoms with Gasteiger partial charge in [0.25, 0.3) is 5.91 Å². The zero-order valence-corrected chi connectivity index (χ0v) is 19.8. The minimum atomic E-state index is -0.0125. The first-order chi connectivity index (χ1) is 13.9. The molecule has 3 heteroatoms. The molecule has 4 saturated carbocycles. The molecule has 0 aromatic rings. The van der Waals surface area contributed by atoms with E-state index in [0.29, 0.717) is 10.5 Å². The normalized spacial score (nSPS) is 30.7. The summed E-state index contributed by atoms with van der Waals surface area (Å²) in [4.78, 5) is 13.3. The number of nitrogens with zero attached hydrogens (tertiary/aromatic N) is 1. The van der Waals surface area contributed by atoms with Crippen LogP contribution in [0.5, 0.6) is 0 Å². The molecule has 0 aromatic carbocycles. The van der Waals surface area contributed by atoms with Crippen LogP contribution in [0.4, 0.5) is 0 Å². The second-order valence-corrected chi connectivity index (χ2v) is 11.6. The lowest BCUT2D eigenvalue weighted by Gasteiger charge is -2.55. The first-order valence-electron chi connectivity index (χ1n) is 13.1. The van der Waals surface area contributed by atoms with E-state index in [1.54, 1.807) is 0 Å². The molecule has 0 aromatic heterocycles. The summed E-state index contributed by atoms with van der Waals surface area (Å²) in [6.07, 6.45) is 22.9. The maximum absolute atomic E-state index is 13.3. The second kappa shape index (κ2) is 10.6. The number of quaternary nitrogens is 1. The van der Waals surface area contributed by atoms with E-state index in [0.717, 1.165) is 24.3 Å². The number of amides is 1. The number of hydrogen-bond acceptors (Lipinski definition) is 1. The molecular weight excluding hydrogens is 356 g/mol. The average Bonchev–Trinajstić information content (AvgIpc) is 2.64. The van der Waals surface area contributed by atoms with Gasteiger partial charge in [-0.05, 0) is 69.1 Å². The Morgan fingerprint density at radius 2 is 1.17 bits per heavy atom. The molecule has 1 amide bonds. The van der Waals surface area contributed by atoms with Crippen molar-refractivity contribution >= 4 is 5.91 Å². The molecule has 0 radical (unpaired) electrons. The number of unbranched alkanes of at least 4 members (excludes halogenated alkanes) is 10. The van der Waals surface area contributed by atoms with Crippen molar-refractivity contribution in [2.45, 2.75) is 116 Å². The molecule has 1 N–H and O–H groups in total. The van der Waals surface area contributed by atoms with Crippen molar-refractivity contribution in [3.8, 4) is 0 Å². The Labute approximate surface area is 180 Å². The fourth-order valence-corrected chi connectivity index (χ4v) is 7.01. The van der Waals surface area contributed by atoms with E-state index in [-0.39, 0.29) is 5.41 Å². The number of nitrogens with one attached hydrogen (secondary N) is 1. The van der Waals surface area contributed by atoms with E-state index >= 15 is 0 Å². The Balaban J connectivity index is 1.27. The molecule has 4 aliphatic carbocycles. The molecular formula is C26H49N2O+. The Kier molecular flexibility index (Phi) is 8.48. The molecule has 29 heavy (non-hydrogen) atoms. The van der Waals surface area contributed by atoms with Gasteiger partial charge >= 0.3 is 0 Å². The van der Waals surface area contributed by atoms with Gasteiger partial charge in [-0.1, -0.05) is 64.7 Å². The number of carbonyl (C=O) groups is 1. The second-order valence-electron chi connectivity index (χ2n) is 11.6. The highest BCUT2D eigenvalue weighted by Crippen LogP contribution is 2.60. The van der Waals surface area contributed by atoms with Crippen molar-refractivity contribution in [3.05, 3.63) is 0 Å². The van der Waals surface area contributed by atoms with Gasteiger partial charge in [0.2, 0.25) is 0 Å². The summed E-state index contributed by atoms with van der Waals surface area (Å²) in [6, 6.07) is 0. The van der Waals surface area contributed by atoms with E-state index < -0.39 is 0 Å². The summed E-state index contributed by atoms with van der Waals surface area (Å²) in [7, 11) is 4.38. The molecule has 0 unspecified atom stereocenters. The third kappa shape index (κ3) is 6.71. The zero-order valence-electron chi connectivity index (χ0n) is 19.8. The quantitative estimate of drug-likeness (QED) is 0.196. The van der Waals surface area contributed by atoms with Crippen molar-refractivity contribution in [2.75, 3.05) is 20.6 Å². The third-order valence-electron chi connectivity index (χ3n) is 8.24. The Bertz CT molecular complexity index is 478. The van der Waals surface area contributed by atoms with E-state index in [1.807, 2.05) is 0 Å². The zero-order chi connectivity index (χ0) is 20.7. The third-order valence-corrected chi connectivity index (χ3v) is 8.24. The maximum atomic E-state index is 13.3. The molecule has 0 heterocycles. The van der Waals surface area contributed by atoms with Crippen LogP contribution in [0.2, 0.25) is 0 Å². The van der Waals surface area contributed by atoms with E-state index in [4.69, 9.17) is 0 Å². The van der Waals surface area contributed by atoms with Crippen LogP contribution in [0.25, 0.3) is 0 Å². The fraction of sp³-hybridized carbons (Fsp3) is 0.962. The predicted octanol–water partition coefficient (Wildman–Crippen LogP) is 6.62. The van der Waals surface area contributed by atoms with E-state index in [9.17, 15) is 4.79 Å². The molecule has 0 saturated heterocycles. The minimum absolute atomic E-state index is 0.0125. The van der Waals surface area contributed by atoms with Gasteiger partial charge in [-0.25, -0.2) is 10.0 Å². The monoisotopic (exact) mass is 405 g/mol. The fourth-order valence-electron chi connectivity index (χ4n) is 7.01. The highest BCUT2D eigenvalue weighted by molar-refractivity contribution is 5.82. The van der Waals surface area contributed by atoms with Crippen molar-refractivity contribution in [1.82, 2.24) is 5.43 Å². The molecule has 0 atom stereocenters. The molecule has 3 nitrogen and oxygen atoms in total. The molecule has 4 aliphatic rings. The van der Waals surface area contributed by atoms with Gasteiger partial charge in [0, 0.05) is 0 Å². The molecule has 0 aliphatic heterocycles. The molecule has 0 spiro atoms. The van der Waals surface area contributed by atoms with Crippen LogP contribution in [0.15, 0.2) is 0 Å². The Morgan fingerprint density at radius 3 is 1.62 bits per heavy atom. The number of carbonyl (C=O) groups excluding carboxylic acids is 1. The highest BCUT2D eigenvalue weighted by atomic mass is 16.2. The lowest BCUT2D eigenvalue weighted by Crippen LogP contribution is -2.62. The van der Waals surface area contributed by atoms with E-state index in [1.165, 1.54) is 109 Å². The summed E-state index contributed by atoms with van der Waals surface area (Å²) in [6.45, 7) is 3.35. The number of rotatable bonds is 14. The maximum Gasteiger partial charge on any atom is 0.271 e. The molecule has 168 valence electrons. The van der Waals surface area contributed by atoms with Crippen LogP contribution in [0, 0.1) is 23.2 Å². The van der Waals surface area contributed by atoms with Crippen LogP contribution in [-0.4, -0.2) is 31.1 Å². The molecule has 4 rings (SSSR count). The van der Waals surface area contributed by atoms with Crippen molar-refractivity contribution in [3.63, 3.8) is 0 Å². The molecule has 4 bridgehead atoms. The van der Waals surface area contributed by atoms with Gasteiger partial charge in [0.1, 0.15) is 6.54 Å². The standard InChI is InChI=1S/C26H48N2O/c1-4-5-6-7-8-9-10-11-12-13-14-15-28(2,3)27-25(29)26-19-22-16-23(20-26)18-24(17-22)21-26/h22-24H,4-21H2,1-3H3/p+1. The minimum Gasteiger partial charge on any atom is -0.269 e. The van der Waals surface area contributed by atoms with Gasteiger partial charge in [-0.2, -0.15) is 0 Å². The van der Waals surface area contributed by atoms with Crippen LogP contribution in [0.3, 0.4) is 0 Å². The summed E-state index contributed by atoms with van der Waals surface area (Å²) in [5.41, 5.74) is 3.43. The summed E-state index contributed by atoms with van der Waals surface area (Å²) in [5, 5.41) is 0. The van der Waals surface area contributed by atoms with Crippen molar-refractivity contribution in [2.24, 2.45) is 23.2 Å². The van der Waals surface area contributed by atoms with Gasteiger partial charge < -0.3 is 0 Å². The predicted molar refractivity (Wildman–Crippen MR) is 122 cm³/mol. The highest BCUT2D eigenvalue weighted by Gasteiger charge is 2.55. The SMILES string of the molecule is CCCCCCCCCCCCC[N+](C)(C)NC(=O)C12CC3CC(CC(C3)C1)C2. The topological polar surface area (TPSA) is 29.1 Å². The van der Waals surface area contributed by atoms with Crippen LogP contribution < -0.4 is 5.43 Å². The molecule has 4 fully saturated rings. The van der Waals surface area contributed by atoms with E-state index in [2.05, 4.69) is 26.4 Å². The Hall–Kier alpha value is -0.570. The van der Waals surface area contributed by atoms with Crippen LogP contribution >= 0.6 is 0 Å². The lowest BCUT2D eigenvalue weighted by atomic mass is 9.49. The van der Waals surface area contributed by atoms with Gasteiger partial charge in [0.05, 0.1) is 19.5 Å². The first kappa shape index (κ1) is 23.1. The average molecular weight is 406 g/mol. The van der Waals surface area contributed by atoms with Gasteiger partial charge in [0.15, 0.2) is 0 Å². The van der Waals surface area contributed by atoms with Crippen LogP contribution in [0.1, 0.15) is 116 Å². The van der Waals surface area contributed by atoms with Gasteiger partial charge in [-0.3, -0.25) is 4.79 Å². The smallest absolute Gasteiger partial charge is 0.269 e. The lowest BCUT2D eigenvalue weighted by molar-refractivity contribution is -0.925. The van der Waals surface area contributed by atoms with Gasteiger partial charge in [-0.15, -0.1) is 0 Å². The summed E-state index contributed by atoms with van der Waals surface area (Å²) < 4.78 is 0.665. The summed E-state index contributed by atoms with van der Waals surface area (Å²) >= 11 is 0. The van der Waals surface area contributed by atoms with Crippen molar-refractivity contribution in [1.29, 1.82) is 0 Å². The first-order valence-corrected chi connectivity index (χ1v) is 13.1. The Morgan fingerprint density at radius 1 is 0.759 bits per heavy atom. The largest absolute Gasteiger partial charge is 0.271 e. The van der Waals surface area contributed by atoms with Crippen LogP contribution in [-0.2, 0) is 4.79 Å².